The second-order valence-electron chi connectivity index (χ2n) is 5.03. The normalized spacial score (nSPS) is 16.0. The van der Waals surface area contributed by atoms with Crippen molar-refractivity contribution < 1.29 is 8.91 Å². The van der Waals surface area contributed by atoms with Gasteiger partial charge >= 0.3 is 0 Å². The minimum atomic E-state index is -0.473. The lowest BCUT2D eigenvalue weighted by molar-refractivity contribution is 0.428. The predicted octanol–water partition coefficient (Wildman–Crippen LogP) is 2.58. The number of rotatable bonds is 1. The zero-order chi connectivity index (χ0) is 14.4. The number of piperazine rings is 1. The number of hydrogen-bond donors (Lipinski definition) is 1. The molecule has 0 bridgehead atoms. The number of nitrogens with zero attached hydrogens (tertiary/aromatic N) is 3. The summed E-state index contributed by atoms with van der Waals surface area (Å²) in [5.74, 6) is 0.258. The van der Waals surface area contributed by atoms with Crippen molar-refractivity contribution in [1.82, 2.24) is 15.5 Å². The van der Waals surface area contributed by atoms with Crippen LogP contribution in [0.25, 0.3) is 21.8 Å². The Balaban J connectivity index is 2.00. The van der Waals surface area contributed by atoms with Gasteiger partial charge in [-0.25, -0.2) is 9.37 Å². The van der Waals surface area contributed by atoms with Crippen molar-refractivity contribution >= 4 is 39.2 Å². The minimum Gasteiger partial charge on any atom is -0.363 e. The van der Waals surface area contributed by atoms with Crippen LogP contribution in [0.15, 0.2) is 22.9 Å². The molecule has 0 radical (unpaired) electrons. The Morgan fingerprint density at radius 1 is 1.24 bits per heavy atom. The summed E-state index contributed by atoms with van der Waals surface area (Å²) in [5, 5.41) is 8.97. The van der Waals surface area contributed by atoms with Crippen molar-refractivity contribution in [3.8, 4) is 0 Å². The fraction of sp³-hybridized carbons (Fsp3) is 0.286. The van der Waals surface area contributed by atoms with E-state index < -0.39 is 5.82 Å². The van der Waals surface area contributed by atoms with E-state index in [1.54, 1.807) is 12.3 Å². The molecule has 2 aromatic heterocycles. The molecule has 1 aromatic carbocycles. The molecule has 5 nitrogen and oxygen atoms in total. The number of nitrogens with one attached hydrogen (secondary N) is 1. The topological polar surface area (TPSA) is 54.2 Å². The number of pyridine rings is 1. The van der Waals surface area contributed by atoms with Crippen LogP contribution >= 0.6 is 11.6 Å². The summed E-state index contributed by atoms with van der Waals surface area (Å²) in [6.45, 7) is 3.43. The SMILES string of the molecule is Fc1cc2nc(N3CCNCC3)c3nocc3c2cc1Cl. The smallest absolute Gasteiger partial charge is 0.159 e. The zero-order valence-electron chi connectivity index (χ0n) is 11.1. The van der Waals surface area contributed by atoms with Gasteiger partial charge in [0.05, 0.1) is 15.9 Å². The first kappa shape index (κ1) is 12.8. The standard InChI is InChI=1S/C14H12ClFN4O/c15-10-5-8-9-7-21-19-13(9)14(18-12(8)6-11(10)16)20-3-1-17-2-4-20/h5-7,17H,1-4H2. The average Bonchev–Trinajstić information content (AvgIpc) is 2.99. The van der Waals surface area contributed by atoms with Gasteiger partial charge in [-0.05, 0) is 6.07 Å². The van der Waals surface area contributed by atoms with Gasteiger partial charge in [-0.15, -0.1) is 0 Å². The molecule has 4 rings (SSSR count). The maximum atomic E-state index is 13.7. The second kappa shape index (κ2) is 4.82. The summed E-state index contributed by atoms with van der Waals surface area (Å²) < 4.78 is 18.8. The van der Waals surface area contributed by atoms with E-state index in [1.165, 1.54) is 6.07 Å². The summed E-state index contributed by atoms with van der Waals surface area (Å²) in [4.78, 5) is 6.71. The minimum absolute atomic E-state index is 0.0710. The first-order valence-corrected chi connectivity index (χ1v) is 7.10. The molecule has 1 fully saturated rings. The third kappa shape index (κ3) is 2.02. The molecule has 0 saturated carbocycles. The highest BCUT2D eigenvalue weighted by Crippen LogP contribution is 2.33. The molecule has 0 spiro atoms. The molecular weight excluding hydrogens is 295 g/mol. The van der Waals surface area contributed by atoms with Gasteiger partial charge < -0.3 is 14.7 Å². The van der Waals surface area contributed by atoms with Gasteiger partial charge in [0.15, 0.2) is 11.3 Å². The van der Waals surface area contributed by atoms with Crippen LogP contribution < -0.4 is 10.2 Å². The number of halogens is 2. The van der Waals surface area contributed by atoms with E-state index in [9.17, 15) is 4.39 Å². The van der Waals surface area contributed by atoms with E-state index in [2.05, 4.69) is 20.4 Å². The van der Waals surface area contributed by atoms with E-state index in [0.29, 0.717) is 11.0 Å². The maximum absolute atomic E-state index is 13.7. The van der Waals surface area contributed by atoms with Crippen LogP contribution in [0.2, 0.25) is 5.02 Å². The second-order valence-corrected chi connectivity index (χ2v) is 5.44. The molecule has 0 aliphatic carbocycles. The Morgan fingerprint density at radius 3 is 2.86 bits per heavy atom. The lowest BCUT2D eigenvalue weighted by atomic mass is 10.1. The van der Waals surface area contributed by atoms with E-state index in [0.717, 1.165) is 42.8 Å². The summed E-state index contributed by atoms with van der Waals surface area (Å²) >= 11 is 5.87. The quantitative estimate of drug-likeness (QED) is 0.749. The molecule has 0 atom stereocenters. The van der Waals surface area contributed by atoms with Gasteiger partial charge in [0.25, 0.3) is 0 Å². The molecule has 3 aromatic rings. The Morgan fingerprint density at radius 2 is 2.05 bits per heavy atom. The molecule has 108 valence electrons. The molecule has 21 heavy (non-hydrogen) atoms. The van der Waals surface area contributed by atoms with Gasteiger partial charge in [-0.2, -0.15) is 0 Å². The number of aromatic nitrogens is 2. The van der Waals surface area contributed by atoms with Crippen LogP contribution in [0.3, 0.4) is 0 Å². The molecule has 1 aliphatic rings. The van der Waals surface area contributed by atoms with Gasteiger partial charge in [0.1, 0.15) is 12.1 Å². The number of anilines is 1. The largest absolute Gasteiger partial charge is 0.363 e. The molecule has 1 aliphatic heterocycles. The molecule has 0 unspecified atom stereocenters. The van der Waals surface area contributed by atoms with Crippen LogP contribution in [0, 0.1) is 5.82 Å². The predicted molar refractivity (Wildman–Crippen MR) is 79.4 cm³/mol. The first-order chi connectivity index (χ1) is 10.2. The highest BCUT2D eigenvalue weighted by Gasteiger charge is 2.20. The Labute approximate surface area is 124 Å². The third-order valence-corrected chi connectivity index (χ3v) is 4.04. The summed E-state index contributed by atoms with van der Waals surface area (Å²) in [5.41, 5.74) is 1.24. The van der Waals surface area contributed by atoms with Crippen molar-refractivity contribution in [3.63, 3.8) is 0 Å². The van der Waals surface area contributed by atoms with Crippen molar-refractivity contribution in [2.24, 2.45) is 0 Å². The Kier molecular flexibility index (Phi) is 2.94. The Hall–Kier alpha value is -1.92. The average molecular weight is 307 g/mol. The number of benzene rings is 1. The molecule has 1 N–H and O–H groups in total. The highest BCUT2D eigenvalue weighted by molar-refractivity contribution is 6.32. The fourth-order valence-corrected chi connectivity index (χ4v) is 2.86. The molecular formula is C14H12ClFN4O. The van der Waals surface area contributed by atoms with Crippen LogP contribution in [-0.2, 0) is 0 Å². The number of hydrogen-bond acceptors (Lipinski definition) is 5. The van der Waals surface area contributed by atoms with Gasteiger partial charge in [0, 0.05) is 37.6 Å². The van der Waals surface area contributed by atoms with Crippen molar-refractivity contribution in [2.45, 2.75) is 0 Å². The van der Waals surface area contributed by atoms with Gasteiger partial charge in [-0.3, -0.25) is 0 Å². The first-order valence-electron chi connectivity index (χ1n) is 6.72. The van der Waals surface area contributed by atoms with E-state index in [4.69, 9.17) is 16.1 Å². The molecule has 3 heterocycles. The van der Waals surface area contributed by atoms with Crippen LogP contribution in [-0.4, -0.2) is 36.3 Å². The van der Waals surface area contributed by atoms with Crippen molar-refractivity contribution in [3.05, 3.63) is 29.2 Å². The van der Waals surface area contributed by atoms with E-state index >= 15 is 0 Å². The summed E-state index contributed by atoms with van der Waals surface area (Å²) in [7, 11) is 0. The van der Waals surface area contributed by atoms with Crippen LogP contribution in [0.5, 0.6) is 0 Å². The maximum Gasteiger partial charge on any atom is 0.159 e. The molecule has 0 amide bonds. The van der Waals surface area contributed by atoms with Crippen LogP contribution in [0.1, 0.15) is 0 Å². The monoisotopic (exact) mass is 306 g/mol. The zero-order valence-corrected chi connectivity index (χ0v) is 11.8. The Bertz CT molecular complexity index is 829. The molecule has 1 saturated heterocycles. The van der Waals surface area contributed by atoms with Crippen molar-refractivity contribution in [2.75, 3.05) is 31.1 Å². The summed E-state index contributed by atoms with van der Waals surface area (Å²) in [6.07, 6.45) is 1.55. The number of fused-ring (bicyclic) bond motifs is 3. The summed E-state index contributed by atoms with van der Waals surface area (Å²) in [6, 6.07) is 2.93. The van der Waals surface area contributed by atoms with Gasteiger partial charge in [0.2, 0.25) is 0 Å². The fourth-order valence-electron chi connectivity index (χ4n) is 2.70. The third-order valence-electron chi connectivity index (χ3n) is 3.75. The van der Waals surface area contributed by atoms with Gasteiger partial charge in [-0.1, -0.05) is 16.8 Å². The van der Waals surface area contributed by atoms with E-state index in [1.807, 2.05) is 0 Å². The molecule has 7 heteroatoms. The van der Waals surface area contributed by atoms with Crippen LogP contribution in [0.4, 0.5) is 10.2 Å². The van der Waals surface area contributed by atoms with E-state index in [-0.39, 0.29) is 5.02 Å². The lowest BCUT2D eigenvalue weighted by Gasteiger charge is -2.28. The van der Waals surface area contributed by atoms with Crippen molar-refractivity contribution in [1.29, 1.82) is 0 Å². The lowest BCUT2D eigenvalue weighted by Crippen LogP contribution is -2.44. The highest BCUT2D eigenvalue weighted by atomic mass is 35.5.